The van der Waals surface area contributed by atoms with Crippen molar-refractivity contribution >= 4 is 0 Å². The molecule has 2 aliphatic rings. The summed E-state index contributed by atoms with van der Waals surface area (Å²) in [5.74, 6) is 1.72. The highest BCUT2D eigenvalue weighted by Crippen LogP contribution is 2.42. The maximum Gasteiger partial charge on any atom is 0.0837 e. The van der Waals surface area contributed by atoms with Crippen LogP contribution in [0, 0.1) is 11.8 Å². The van der Waals surface area contributed by atoms with Crippen molar-refractivity contribution in [2.45, 2.75) is 83.3 Å². The summed E-state index contributed by atoms with van der Waals surface area (Å²) in [6.45, 7) is 5.41. The molecule has 0 radical (unpaired) electrons. The van der Waals surface area contributed by atoms with Gasteiger partial charge in [0.25, 0.3) is 0 Å². The Labute approximate surface area is 119 Å². The van der Waals surface area contributed by atoms with Crippen molar-refractivity contribution in [2.75, 3.05) is 13.7 Å². The van der Waals surface area contributed by atoms with Gasteiger partial charge in [0.1, 0.15) is 0 Å². The molecule has 1 atom stereocenters. The molecule has 2 aliphatic carbocycles. The van der Waals surface area contributed by atoms with Crippen LogP contribution < -0.4 is 5.32 Å². The van der Waals surface area contributed by atoms with E-state index < -0.39 is 0 Å². The van der Waals surface area contributed by atoms with E-state index in [0.717, 1.165) is 18.4 Å². The van der Waals surface area contributed by atoms with E-state index in [1.54, 1.807) is 0 Å². The third kappa shape index (κ3) is 3.52. The number of hydrogen-bond acceptors (Lipinski definition) is 2. The lowest BCUT2D eigenvalue weighted by Crippen LogP contribution is -2.57. The smallest absolute Gasteiger partial charge is 0.0837 e. The molecule has 0 saturated heterocycles. The monoisotopic (exact) mass is 267 g/mol. The van der Waals surface area contributed by atoms with E-state index >= 15 is 0 Å². The van der Waals surface area contributed by atoms with Gasteiger partial charge in [-0.25, -0.2) is 0 Å². The van der Waals surface area contributed by atoms with Gasteiger partial charge in [0.05, 0.1) is 5.60 Å². The summed E-state index contributed by atoms with van der Waals surface area (Å²) in [6.07, 6.45) is 12.3. The Bertz CT molecular complexity index is 252. The highest BCUT2D eigenvalue weighted by Gasteiger charge is 2.44. The molecule has 0 aliphatic heterocycles. The van der Waals surface area contributed by atoms with Crippen molar-refractivity contribution < 1.29 is 4.74 Å². The summed E-state index contributed by atoms with van der Waals surface area (Å²) >= 11 is 0. The van der Waals surface area contributed by atoms with E-state index in [9.17, 15) is 0 Å². The van der Waals surface area contributed by atoms with Gasteiger partial charge < -0.3 is 10.1 Å². The van der Waals surface area contributed by atoms with Crippen molar-refractivity contribution in [1.82, 2.24) is 5.32 Å². The number of nitrogens with one attached hydrogen (secondary N) is 1. The van der Waals surface area contributed by atoms with Crippen LogP contribution in [0.5, 0.6) is 0 Å². The third-order valence-corrected chi connectivity index (χ3v) is 5.55. The molecule has 0 aromatic rings. The van der Waals surface area contributed by atoms with E-state index in [1.807, 2.05) is 0 Å². The number of ether oxygens (including phenoxy) is 1. The van der Waals surface area contributed by atoms with Crippen LogP contribution in [0.2, 0.25) is 0 Å². The highest BCUT2D eigenvalue weighted by atomic mass is 16.5. The zero-order valence-corrected chi connectivity index (χ0v) is 13.2. The Kier molecular flexibility index (Phi) is 5.70. The first-order chi connectivity index (χ1) is 9.22. The Morgan fingerprint density at radius 3 is 2.26 bits per heavy atom. The van der Waals surface area contributed by atoms with Crippen molar-refractivity contribution in [3.63, 3.8) is 0 Å². The van der Waals surface area contributed by atoms with Gasteiger partial charge in [-0.05, 0) is 64.3 Å². The Hall–Kier alpha value is -0.0800. The summed E-state index contributed by atoms with van der Waals surface area (Å²) in [5.41, 5.74) is 0.123. The standard InChI is InChI=1S/C17H33NO/c1-4-19-17(12-10-14(2)11-13-17)16(18-3)15-8-6-5-7-9-15/h14-16,18H,4-13H2,1-3H3. The summed E-state index contributed by atoms with van der Waals surface area (Å²) in [6, 6.07) is 0.570. The van der Waals surface area contributed by atoms with Gasteiger partial charge >= 0.3 is 0 Å². The van der Waals surface area contributed by atoms with Gasteiger partial charge in [-0.3, -0.25) is 0 Å². The summed E-state index contributed by atoms with van der Waals surface area (Å²) in [5, 5.41) is 3.66. The molecule has 0 spiro atoms. The molecule has 0 bridgehead atoms. The van der Waals surface area contributed by atoms with Crippen molar-refractivity contribution in [3.8, 4) is 0 Å². The lowest BCUT2D eigenvalue weighted by atomic mass is 9.69. The van der Waals surface area contributed by atoms with E-state index in [1.165, 1.54) is 57.8 Å². The van der Waals surface area contributed by atoms with Gasteiger partial charge in [-0.2, -0.15) is 0 Å². The minimum absolute atomic E-state index is 0.123. The number of likely N-dealkylation sites (N-methyl/N-ethyl adjacent to an activating group) is 1. The molecule has 2 heteroatoms. The second-order valence-corrected chi connectivity index (χ2v) is 6.84. The van der Waals surface area contributed by atoms with E-state index in [4.69, 9.17) is 4.74 Å². The summed E-state index contributed by atoms with van der Waals surface area (Å²) in [7, 11) is 2.15. The van der Waals surface area contributed by atoms with E-state index in [0.29, 0.717) is 6.04 Å². The molecule has 0 aromatic carbocycles. The molecule has 2 nitrogen and oxygen atoms in total. The molecule has 2 saturated carbocycles. The largest absolute Gasteiger partial charge is 0.374 e. The molecule has 0 heterocycles. The fourth-order valence-electron chi connectivity index (χ4n) is 4.48. The number of rotatable bonds is 5. The average Bonchev–Trinajstić information content (AvgIpc) is 2.44. The quantitative estimate of drug-likeness (QED) is 0.808. The van der Waals surface area contributed by atoms with Crippen LogP contribution in [-0.4, -0.2) is 25.3 Å². The summed E-state index contributed by atoms with van der Waals surface area (Å²) < 4.78 is 6.36. The molecule has 112 valence electrons. The van der Waals surface area contributed by atoms with Crippen LogP contribution in [-0.2, 0) is 4.74 Å². The lowest BCUT2D eigenvalue weighted by Gasteiger charge is -2.48. The SMILES string of the molecule is CCOC1(C(NC)C2CCCCC2)CCC(C)CC1. The summed E-state index contributed by atoms with van der Waals surface area (Å²) in [4.78, 5) is 0. The van der Waals surface area contributed by atoms with E-state index in [-0.39, 0.29) is 5.60 Å². The van der Waals surface area contributed by atoms with Crippen LogP contribution in [0.3, 0.4) is 0 Å². The van der Waals surface area contributed by atoms with Crippen LogP contribution in [0.25, 0.3) is 0 Å². The van der Waals surface area contributed by atoms with Gasteiger partial charge in [0.15, 0.2) is 0 Å². The first-order valence-corrected chi connectivity index (χ1v) is 8.53. The predicted molar refractivity (Wildman–Crippen MR) is 81.4 cm³/mol. The van der Waals surface area contributed by atoms with Crippen molar-refractivity contribution in [3.05, 3.63) is 0 Å². The van der Waals surface area contributed by atoms with Gasteiger partial charge in [-0.1, -0.05) is 26.2 Å². The Morgan fingerprint density at radius 1 is 1.11 bits per heavy atom. The molecule has 2 fully saturated rings. The molecule has 1 N–H and O–H groups in total. The molecule has 2 rings (SSSR count). The molecule has 0 aromatic heterocycles. The molecular weight excluding hydrogens is 234 g/mol. The van der Waals surface area contributed by atoms with Crippen LogP contribution >= 0.6 is 0 Å². The Morgan fingerprint density at radius 2 is 1.74 bits per heavy atom. The maximum absolute atomic E-state index is 6.36. The van der Waals surface area contributed by atoms with Crippen LogP contribution in [0.1, 0.15) is 71.6 Å². The van der Waals surface area contributed by atoms with Gasteiger partial charge in [0, 0.05) is 12.6 Å². The predicted octanol–water partition coefficient (Wildman–Crippen LogP) is 4.14. The lowest BCUT2D eigenvalue weighted by molar-refractivity contribution is -0.110. The average molecular weight is 267 g/mol. The van der Waals surface area contributed by atoms with Crippen molar-refractivity contribution in [2.24, 2.45) is 11.8 Å². The van der Waals surface area contributed by atoms with Crippen molar-refractivity contribution in [1.29, 1.82) is 0 Å². The normalized spacial score (nSPS) is 35.2. The topological polar surface area (TPSA) is 21.3 Å². The second-order valence-electron chi connectivity index (χ2n) is 6.84. The fraction of sp³-hybridized carbons (Fsp3) is 1.00. The third-order valence-electron chi connectivity index (χ3n) is 5.55. The highest BCUT2D eigenvalue weighted by molar-refractivity contribution is 4.99. The first kappa shape index (κ1) is 15.3. The van der Waals surface area contributed by atoms with Gasteiger partial charge in [-0.15, -0.1) is 0 Å². The van der Waals surface area contributed by atoms with Crippen LogP contribution in [0.15, 0.2) is 0 Å². The van der Waals surface area contributed by atoms with Gasteiger partial charge in [0.2, 0.25) is 0 Å². The Balaban J connectivity index is 2.10. The molecular formula is C17H33NO. The number of hydrogen-bond donors (Lipinski definition) is 1. The fourth-order valence-corrected chi connectivity index (χ4v) is 4.48. The first-order valence-electron chi connectivity index (χ1n) is 8.53. The van der Waals surface area contributed by atoms with Crippen LogP contribution in [0.4, 0.5) is 0 Å². The van der Waals surface area contributed by atoms with E-state index in [2.05, 4.69) is 26.2 Å². The zero-order valence-electron chi connectivity index (χ0n) is 13.2. The molecule has 0 amide bonds. The zero-order chi connectivity index (χ0) is 13.7. The molecule has 1 unspecified atom stereocenters. The second kappa shape index (κ2) is 7.08. The maximum atomic E-state index is 6.36. The molecule has 19 heavy (non-hydrogen) atoms. The minimum Gasteiger partial charge on any atom is -0.374 e. The minimum atomic E-state index is 0.123.